The lowest BCUT2D eigenvalue weighted by Crippen LogP contribution is -2.34. The molecule has 25 heavy (non-hydrogen) atoms. The van der Waals surface area contributed by atoms with Crippen LogP contribution in [0.25, 0.3) is 0 Å². The number of hydrogen-bond acceptors (Lipinski definition) is 4. The van der Waals surface area contributed by atoms with E-state index in [0.717, 1.165) is 0 Å². The lowest BCUT2D eigenvalue weighted by Gasteiger charge is -2.17. The van der Waals surface area contributed by atoms with Crippen LogP contribution in [0.15, 0.2) is 24.3 Å². The summed E-state index contributed by atoms with van der Waals surface area (Å²) < 4.78 is 5.43. The Hall–Kier alpha value is -2.57. The lowest BCUT2D eigenvalue weighted by molar-refractivity contribution is -0.142. The Bertz CT molecular complexity index is 613. The van der Waals surface area contributed by atoms with Crippen LogP contribution < -0.4 is 10.1 Å². The van der Waals surface area contributed by atoms with Crippen molar-refractivity contribution in [1.82, 2.24) is 10.2 Å². The van der Waals surface area contributed by atoms with Crippen molar-refractivity contribution in [2.45, 2.75) is 20.3 Å². The number of hydrogen-bond donors (Lipinski definition) is 2. The summed E-state index contributed by atoms with van der Waals surface area (Å²) in [6.45, 7) is 3.73. The van der Waals surface area contributed by atoms with Gasteiger partial charge in [0.15, 0.2) is 6.61 Å². The van der Waals surface area contributed by atoms with E-state index < -0.39 is 17.8 Å². The normalized spacial score (nSPS) is 11.7. The Morgan fingerprint density at radius 3 is 2.40 bits per heavy atom. The number of carboxylic acids is 1. The minimum absolute atomic E-state index is 0.0390. The predicted molar refractivity (Wildman–Crippen MR) is 93.5 cm³/mol. The van der Waals surface area contributed by atoms with E-state index in [4.69, 9.17) is 4.74 Å². The highest BCUT2D eigenvalue weighted by Crippen LogP contribution is 2.18. The van der Waals surface area contributed by atoms with Crippen LogP contribution in [0, 0.1) is 11.8 Å². The van der Waals surface area contributed by atoms with E-state index in [0.29, 0.717) is 6.42 Å². The molecule has 1 rings (SSSR count). The smallest absolute Gasteiger partial charge is 0.308 e. The maximum atomic E-state index is 12.4. The third kappa shape index (κ3) is 6.82. The number of benzene rings is 1. The van der Waals surface area contributed by atoms with Gasteiger partial charge in [-0.05, 0) is 24.5 Å². The highest BCUT2D eigenvalue weighted by Gasteiger charge is 2.21. The van der Waals surface area contributed by atoms with Gasteiger partial charge >= 0.3 is 5.97 Å². The average Bonchev–Trinajstić information content (AvgIpc) is 2.55. The second-order valence-electron chi connectivity index (χ2n) is 6.45. The van der Waals surface area contributed by atoms with Gasteiger partial charge in [0, 0.05) is 20.6 Å². The topological polar surface area (TPSA) is 95.9 Å². The summed E-state index contributed by atoms with van der Waals surface area (Å²) in [4.78, 5) is 36.7. The van der Waals surface area contributed by atoms with Gasteiger partial charge in [-0.15, -0.1) is 0 Å². The largest absolute Gasteiger partial charge is 0.483 e. The average molecular weight is 350 g/mol. The summed E-state index contributed by atoms with van der Waals surface area (Å²) in [5, 5.41) is 11.9. The number of aliphatic carboxylic acids is 1. The van der Waals surface area contributed by atoms with Crippen molar-refractivity contribution in [2.75, 3.05) is 27.2 Å². The molecule has 0 saturated heterocycles. The molecule has 138 valence electrons. The van der Waals surface area contributed by atoms with Crippen LogP contribution in [0.4, 0.5) is 0 Å². The van der Waals surface area contributed by atoms with E-state index in [1.807, 2.05) is 13.8 Å². The van der Waals surface area contributed by atoms with Crippen LogP contribution in [0.3, 0.4) is 0 Å². The van der Waals surface area contributed by atoms with Crippen molar-refractivity contribution in [3.05, 3.63) is 29.8 Å². The molecule has 1 atom stereocenters. The van der Waals surface area contributed by atoms with Gasteiger partial charge in [0.25, 0.3) is 11.8 Å². The second kappa shape index (κ2) is 9.66. The molecule has 0 aliphatic rings. The second-order valence-corrected chi connectivity index (χ2v) is 6.45. The molecule has 1 aromatic carbocycles. The number of carboxylic acid groups (broad SMARTS) is 1. The zero-order valence-electron chi connectivity index (χ0n) is 15.1. The van der Waals surface area contributed by atoms with Gasteiger partial charge in [-0.1, -0.05) is 26.0 Å². The van der Waals surface area contributed by atoms with Crippen molar-refractivity contribution in [3.63, 3.8) is 0 Å². The molecule has 0 aliphatic heterocycles. The van der Waals surface area contributed by atoms with Gasteiger partial charge in [-0.2, -0.15) is 0 Å². The number of nitrogens with zero attached hydrogens (tertiary/aromatic N) is 1. The lowest BCUT2D eigenvalue weighted by atomic mass is 9.97. The third-order valence-corrected chi connectivity index (χ3v) is 3.60. The zero-order valence-corrected chi connectivity index (χ0v) is 15.1. The van der Waals surface area contributed by atoms with Gasteiger partial charge < -0.3 is 20.1 Å². The van der Waals surface area contributed by atoms with Crippen molar-refractivity contribution < 1.29 is 24.2 Å². The van der Waals surface area contributed by atoms with E-state index in [1.54, 1.807) is 38.4 Å². The monoisotopic (exact) mass is 350 g/mol. The Labute approximate surface area is 148 Å². The first-order chi connectivity index (χ1) is 11.7. The number of para-hydroxylation sites is 1. The molecule has 0 spiro atoms. The molecule has 0 heterocycles. The predicted octanol–water partition coefficient (Wildman–Crippen LogP) is 1.63. The van der Waals surface area contributed by atoms with Crippen LogP contribution in [0.5, 0.6) is 5.75 Å². The van der Waals surface area contributed by atoms with E-state index >= 15 is 0 Å². The van der Waals surface area contributed by atoms with Crippen LogP contribution in [0.2, 0.25) is 0 Å². The number of carbonyl (C=O) groups is 3. The molecule has 1 aromatic rings. The quantitative estimate of drug-likeness (QED) is 0.706. The molecule has 7 nitrogen and oxygen atoms in total. The highest BCUT2D eigenvalue weighted by atomic mass is 16.5. The van der Waals surface area contributed by atoms with Crippen molar-refractivity contribution in [1.29, 1.82) is 0 Å². The Morgan fingerprint density at radius 2 is 1.84 bits per heavy atom. The Morgan fingerprint density at radius 1 is 1.20 bits per heavy atom. The maximum absolute atomic E-state index is 12.4. The molecule has 0 fully saturated rings. The fourth-order valence-electron chi connectivity index (χ4n) is 2.20. The van der Waals surface area contributed by atoms with Gasteiger partial charge in [0.1, 0.15) is 5.75 Å². The number of rotatable bonds is 9. The summed E-state index contributed by atoms with van der Waals surface area (Å²) in [7, 11) is 3.23. The van der Waals surface area contributed by atoms with E-state index in [9.17, 15) is 19.5 Å². The zero-order chi connectivity index (χ0) is 19.0. The molecular formula is C18H26N2O5. The molecule has 0 aliphatic carbocycles. The van der Waals surface area contributed by atoms with Crippen LogP contribution in [-0.2, 0) is 9.59 Å². The maximum Gasteiger partial charge on any atom is 0.308 e. The van der Waals surface area contributed by atoms with Gasteiger partial charge in [-0.3, -0.25) is 14.4 Å². The number of carbonyl (C=O) groups excluding carboxylic acids is 2. The molecule has 0 saturated carbocycles. The van der Waals surface area contributed by atoms with Gasteiger partial charge in [0.2, 0.25) is 0 Å². The fraction of sp³-hybridized carbons (Fsp3) is 0.500. The van der Waals surface area contributed by atoms with E-state index in [-0.39, 0.29) is 36.3 Å². The first kappa shape index (κ1) is 20.5. The minimum Gasteiger partial charge on any atom is -0.483 e. The molecule has 0 radical (unpaired) electrons. The molecular weight excluding hydrogens is 324 g/mol. The van der Waals surface area contributed by atoms with E-state index in [2.05, 4.69) is 5.32 Å². The first-order valence-electron chi connectivity index (χ1n) is 8.15. The van der Waals surface area contributed by atoms with Crippen LogP contribution >= 0.6 is 0 Å². The summed E-state index contributed by atoms with van der Waals surface area (Å²) in [5.74, 6) is -1.74. The highest BCUT2D eigenvalue weighted by molar-refractivity contribution is 5.97. The third-order valence-electron chi connectivity index (χ3n) is 3.60. The van der Waals surface area contributed by atoms with Crippen LogP contribution in [-0.4, -0.2) is 55.0 Å². The SMILES string of the molecule is CC(C)CC(CNC(=O)c1ccccc1OCC(=O)N(C)C)C(=O)O. The first-order valence-corrected chi connectivity index (χ1v) is 8.15. The van der Waals surface area contributed by atoms with Crippen molar-refractivity contribution in [3.8, 4) is 5.75 Å². The summed E-state index contributed by atoms with van der Waals surface area (Å²) in [5.41, 5.74) is 0.266. The molecule has 7 heteroatoms. The van der Waals surface area contributed by atoms with Crippen molar-refractivity contribution >= 4 is 17.8 Å². The summed E-state index contributed by atoms with van der Waals surface area (Å²) in [6.07, 6.45) is 0.477. The molecule has 2 N–H and O–H groups in total. The van der Waals surface area contributed by atoms with Crippen LogP contribution in [0.1, 0.15) is 30.6 Å². The summed E-state index contributed by atoms with van der Waals surface area (Å²) in [6, 6.07) is 6.55. The van der Waals surface area contributed by atoms with Gasteiger partial charge in [-0.25, -0.2) is 0 Å². The standard InChI is InChI=1S/C18H26N2O5/c1-12(2)9-13(18(23)24)10-19-17(22)14-7-5-6-8-15(14)25-11-16(21)20(3)4/h5-8,12-13H,9-11H2,1-4H3,(H,19,22)(H,23,24). The molecule has 1 unspecified atom stereocenters. The molecule has 0 bridgehead atoms. The Balaban J connectivity index is 2.74. The molecule has 0 aromatic heterocycles. The number of likely N-dealkylation sites (N-methyl/N-ethyl adjacent to an activating group) is 1. The molecule has 2 amide bonds. The number of nitrogens with one attached hydrogen (secondary N) is 1. The minimum atomic E-state index is -0.935. The fourth-order valence-corrected chi connectivity index (χ4v) is 2.20. The number of amides is 2. The summed E-state index contributed by atoms with van der Waals surface area (Å²) >= 11 is 0. The Kier molecular flexibility index (Phi) is 7.91. The number of ether oxygens (including phenoxy) is 1. The van der Waals surface area contributed by atoms with E-state index in [1.165, 1.54) is 4.90 Å². The van der Waals surface area contributed by atoms with Crippen molar-refractivity contribution in [2.24, 2.45) is 11.8 Å². The van der Waals surface area contributed by atoms with Gasteiger partial charge in [0.05, 0.1) is 11.5 Å².